The zero-order chi connectivity index (χ0) is 21.0. The van der Waals surface area contributed by atoms with E-state index in [0.717, 1.165) is 38.8 Å². The first-order chi connectivity index (χ1) is 13.7. The molecule has 0 aliphatic rings. The molecular formula is C24H24BrNO2S. The van der Waals surface area contributed by atoms with Crippen molar-refractivity contribution in [2.75, 3.05) is 26.9 Å². The molecule has 0 saturated heterocycles. The Kier molecular flexibility index (Phi) is 6.73. The van der Waals surface area contributed by atoms with E-state index in [9.17, 15) is 8.42 Å². The van der Waals surface area contributed by atoms with Gasteiger partial charge in [0.15, 0.2) is 9.84 Å². The normalized spacial score (nSPS) is 12.4. The van der Waals surface area contributed by atoms with Gasteiger partial charge in [-0.25, -0.2) is 8.42 Å². The van der Waals surface area contributed by atoms with Crippen molar-refractivity contribution in [2.45, 2.75) is 4.90 Å². The zero-order valence-corrected chi connectivity index (χ0v) is 19.2. The summed E-state index contributed by atoms with van der Waals surface area (Å²) in [4.78, 5) is 2.43. The topological polar surface area (TPSA) is 37.4 Å². The fourth-order valence-corrected chi connectivity index (χ4v) is 3.94. The van der Waals surface area contributed by atoms with E-state index >= 15 is 0 Å². The molecule has 3 rings (SSSR count). The van der Waals surface area contributed by atoms with Crippen LogP contribution < -0.4 is 0 Å². The van der Waals surface area contributed by atoms with Gasteiger partial charge in [0.25, 0.3) is 0 Å². The summed E-state index contributed by atoms with van der Waals surface area (Å²) in [6.45, 7) is 0.789. The van der Waals surface area contributed by atoms with E-state index in [2.05, 4.69) is 63.3 Å². The Bertz CT molecular complexity index is 1100. The molecule has 0 bridgehead atoms. The second kappa shape index (κ2) is 9.08. The molecule has 3 aromatic carbocycles. The van der Waals surface area contributed by atoms with Gasteiger partial charge in [0.1, 0.15) is 0 Å². The second-order valence-corrected chi connectivity index (χ2v) is 10.2. The SMILES string of the molecule is CN(C)C/C=C(\c1ccc(-c2ccc(Br)cc2)cc1)c1ccc(S(C)(=O)=O)cc1. The van der Waals surface area contributed by atoms with Gasteiger partial charge in [0.2, 0.25) is 0 Å². The average Bonchev–Trinajstić information content (AvgIpc) is 2.69. The van der Waals surface area contributed by atoms with Crippen molar-refractivity contribution < 1.29 is 8.42 Å². The monoisotopic (exact) mass is 469 g/mol. The highest BCUT2D eigenvalue weighted by Crippen LogP contribution is 2.28. The number of sulfone groups is 1. The first-order valence-electron chi connectivity index (χ1n) is 9.26. The van der Waals surface area contributed by atoms with E-state index in [-0.39, 0.29) is 0 Å². The molecule has 0 N–H and O–H groups in total. The summed E-state index contributed by atoms with van der Waals surface area (Å²) in [5.74, 6) is 0. The van der Waals surface area contributed by atoms with Gasteiger partial charge < -0.3 is 4.90 Å². The third-order valence-electron chi connectivity index (χ3n) is 4.63. The highest BCUT2D eigenvalue weighted by atomic mass is 79.9. The molecule has 0 aromatic heterocycles. The van der Waals surface area contributed by atoms with Crippen LogP contribution in [0.3, 0.4) is 0 Å². The van der Waals surface area contributed by atoms with Gasteiger partial charge in [0.05, 0.1) is 4.90 Å². The average molecular weight is 470 g/mol. The summed E-state index contributed by atoms with van der Waals surface area (Å²) in [7, 11) is 0.845. The third kappa shape index (κ3) is 5.66. The van der Waals surface area contributed by atoms with Crippen LogP contribution in [0.1, 0.15) is 11.1 Å². The Morgan fingerprint density at radius 2 is 1.28 bits per heavy atom. The van der Waals surface area contributed by atoms with Crippen molar-refractivity contribution in [3.8, 4) is 11.1 Å². The fraction of sp³-hybridized carbons (Fsp3) is 0.167. The quantitative estimate of drug-likeness (QED) is 0.477. The molecule has 0 atom stereocenters. The molecule has 0 radical (unpaired) electrons. The largest absolute Gasteiger partial charge is 0.306 e. The first kappa shape index (κ1) is 21.5. The van der Waals surface area contributed by atoms with Crippen LogP contribution in [0, 0.1) is 0 Å². The van der Waals surface area contributed by atoms with E-state index < -0.39 is 9.84 Å². The van der Waals surface area contributed by atoms with E-state index in [1.807, 2.05) is 38.4 Å². The summed E-state index contributed by atoms with van der Waals surface area (Å²) in [6, 6.07) is 23.8. The van der Waals surface area contributed by atoms with E-state index in [4.69, 9.17) is 0 Å². The molecule has 150 valence electrons. The lowest BCUT2D eigenvalue weighted by Gasteiger charge is -2.13. The highest BCUT2D eigenvalue weighted by Gasteiger charge is 2.10. The fourth-order valence-electron chi connectivity index (χ4n) is 3.04. The lowest BCUT2D eigenvalue weighted by atomic mass is 9.95. The van der Waals surface area contributed by atoms with Gasteiger partial charge >= 0.3 is 0 Å². The molecule has 0 spiro atoms. The van der Waals surface area contributed by atoms with Gasteiger partial charge in [-0.3, -0.25) is 0 Å². The molecule has 3 nitrogen and oxygen atoms in total. The Balaban J connectivity index is 1.97. The summed E-state index contributed by atoms with van der Waals surface area (Å²) in [5, 5.41) is 0. The van der Waals surface area contributed by atoms with Crippen LogP contribution in [0.5, 0.6) is 0 Å². The lowest BCUT2D eigenvalue weighted by molar-refractivity contribution is 0.457. The van der Waals surface area contributed by atoms with Crippen molar-refractivity contribution in [3.63, 3.8) is 0 Å². The molecule has 0 heterocycles. The zero-order valence-electron chi connectivity index (χ0n) is 16.8. The number of rotatable bonds is 6. The molecule has 5 heteroatoms. The molecule has 3 aromatic rings. The molecule has 0 fully saturated rings. The van der Waals surface area contributed by atoms with E-state index in [0.29, 0.717) is 4.90 Å². The van der Waals surface area contributed by atoms with Crippen LogP contribution in [0.15, 0.2) is 88.2 Å². The number of nitrogens with zero attached hydrogens (tertiary/aromatic N) is 1. The van der Waals surface area contributed by atoms with Crippen molar-refractivity contribution >= 4 is 31.3 Å². The Labute approximate surface area is 181 Å². The summed E-state index contributed by atoms with van der Waals surface area (Å²) in [5.41, 5.74) is 5.49. The number of hydrogen-bond acceptors (Lipinski definition) is 3. The molecular weight excluding hydrogens is 446 g/mol. The maximum atomic E-state index is 11.8. The lowest BCUT2D eigenvalue weighted by Crippen LogP contribution is -2.11. The summed E-state index contributed by atoms with van der Waals surface area (Å²) < 4.78 is 24.6. The highest BCUT2D eigenvalue weighted by molar-refractivity contribution is 9.10. The van der Waals surface area contributed by atoms with Crippen molar-refractivity contribution in [3.05, 3.63) is 94.5 Å². The molecule has 0 aliphatic carbocycles. The van der Waals surface area contributed by atoms with Crippen molar-refractivity contribution in [1.82, 2.24) is 4.90 Å². The van der Waals surface area contributed by atoms with Gasteiger partial charge in [-0.2, -0.15) is 0 Å². The third-order valence-corrected chi connectivity index (χ3v) is 6.28. The standard InChI is InChI=1S/C24H24BrNO2S/c1-26(2)17-16-24(21-10-14-23(15-11-21)29(3,27)28)20-6-4-18(5-7-20)19-8-12-22(25)13-9-19/h4-16H,17H2,1-3H3/b24-16+. The van der Waals surface area contributed by atoms with Gasteiger partial charge in [0, 0.05) is 17.3 Å². The molecule has 0 unspecified atom stereocenters. The number of benzene rings is 3. The van der Waals surface area contributed by atoms with Crippen LogP contribution in [-0.2, 0) is 9.84 Å². The van der Waals surface area contributed by atoms with E-state index in [1.165, 1.54) is 6.26 Å². The molecule has 0 aliphatic heterocycles. The minimum atomic E-state index is -3.21. The van der Waals surface area contributed by atoms with Gasteiger partial charge in [-0.1, -0.05) is 70.5 Å². The second-order valence-electron chi connectivity index (χ2n) is 7.26. The van der Waals surface area contributed by atoms with Crippen LogP contribution >= 0.6 is 15.9 Å². The number of hydrogen-bond donors (Lipinski definition) is 0. The smallest absolute Gasteiger partial charge is 0.175 e. The van der Waals surface area contributed by atoms with Gasteiger partial charge in [-0.15, -0.1) is 0 Å². The summed E-state index contributed by atoms with van der Waals surface area (Å²) in [6.07, 6.45) is 3.40. The predicted molar refractivity (Wildman–Crippen MR) is 125 cm³/mol. The minimum Gasteiger partial charge on any atom is -0.306 e. The Hall–Kier alpha value is -2.21. The molecule has 0 amide bonds. The summed E-state index contributed by atoms with van der Waals surface area (Å²) >= 11 is 3.47. The van der Waals surface area contributed by atoms with Crippen LogP contribution in [-0.4, -0.2) is 40.2 Å². The van der Waals surface area contributed by atoms with Gasteiger partial charge in [-0.05, 0) is 66.2 Å². The van der Waals surface area contributed by atoms with Crippen molar-refractivity contribution in [2.24, 2.45) is 0 Å². The maximum Gasteiger partial charge on any atom is 0.175 e. The first-order valence-corrected chi connectivity index (χ1v) is 11.9. The van der Waals surface area contributed by atoms with E-state index in [1.54, 1.807) is 12.1 Å². The molecule has 29 heavy (non-hydrogen) atoms. The van der Waals surface area contributed by atoms with Crippen LogP contribution in [0.4, 0.5) is 0 Å². The van der Waals surface area contributed by atoms with Crippen LogP contribution in [0.25, 0.3) is 16.7 Å². The maximum absolute atomic E-state index is 11.8. The number of halogens is 1. The Morgan fingerprint density at radius 1 is 0.828 bits per heavy atom. The molecule has 0 saturated carbocycles. The Morgan fingerprint density at radius 3 is 1.72 bits per heavy atom. The number of likely N-dealkylation sites (N-methyl/N-ethyl adjacent to an activating group) is 1. The predicted octanol–water partition coefficient (Wildman–Crippen LogP) is 5.51. The van der Waals surface area contributed by atoms with Crippen molar-refractivity contribution in [1.29, 1.82) is 0 Å². The van der Waals surface area contributed by atoms with Crippen LogP contribution in [0.2, 0.25) is 0 Å². The minimum absolute atomic E-state index is 0.332.